The first-order valence-electron chi connectivity index (χ1n) is 3.85. The Labute approximate surface area is 72.6 Å². The highest BCUT2D eigenvalue weighted by Crippen LogP contribution is 1.99. The molecule has 0 aromatic heterocycles. The second kappa shape index (κ2) is 5.13. The molecule has 1 N–H and O–H groups in total. The van der Waals surface area contributed by atoms with Crippen LogP contribution >= 0.6 is 0 Å². The standard InChI is InChI=1S/C10H12N2/c1-11-12-9-5-8-10-6-3-2-4-7-10/h2-9,11H,1H3/b8-5+,12-9+. The topological polar surface area (TPSA) is 24.4 Å². The van der Waals surface area contributed by atoms with E-state index in [2.05, 4.69) is 10.5 Å². The van der Waals surface area contributed by atoms with Gasteiger partial charge in [0, 0.05) is 13.3 Å². The van der Waals surface area contributed by atoms with Gasteiger partial charge in [0.1, 0.15) is 0 Å². The normalized spacial score (nSPS) is 11.1. The van der Waals surface area contributed by atoms with E-state index in [1.807, 2.05) is 42.5 Å². The lowest BCUT2D eigenvalue weighted by Gasteiger charge is -1.88. The summed E-state index contributed by atoms with van der Waals surface area (Å²) in [5.41, 5.74) is 3.85. The van der Waals surface area contributed by atoms with Crippen molar-refractivity contribution in [1.82, 2.24) is 5.43 Å². The average molecular weight is 160 g/mol. The lowest BCUT2D eigenvalue weighted by atomic mass is 10.2. The molecule has 0 amide bonds. The van der Waals surface area contributed by atoms with Gasteiger partial charge in [-0.15, -0.1) is 0 Å². The van der Waals surface area contributed by atoms with Crippen molar-refractivity contribution in [2.24, 2.45) is 5.10 Å². The molecule has 0 aliphatic rings. The molecule has 0 saturated carbocycles. The van der Waals surface area contributed by atoms with Gasteiger partial charge >= 0.3 is 0 Å². The Balaban J connectivity index is 2.52. The lowest BCUT2D eigenvalue weighted by molar-refractivity contribution is 0.909. The number of rotatable bonds is 3. The number of hydrogen-bond acceptors (Lipinski definition) is 2. The Morgan fingerprint density at radius 3 is 2.67 bits per heavy atom. The highest BCUT2D eigenvalue weighted by Gasteiger charge is 1.79. The first-order chi connectivity index (χ1) is 5.93. The number of allylic oxidation sites excluding steroid dienone is 1. The molecule has 0 unspecified atom stereocenters. The smallest absolute Gasteiger partial charge is 0.0468 e. The number of nitrogens with zero attached hydrogens (tertiary/aromatic N) is 1. The maximum atomic E-state index is 3.83. The summed E-state index contributed by atoms with van der Waals surface area (Å²) in [6.45, 7) is 0. The van der Waals surface area contributed by atoms with Crippen molar-refractivity contribution >= 4 is 12.3 Å². The molecule has 2 heteroatoms. The fourth-order valence-electron chi connectivity index (χ4n) is 0.836. The largest absolute Gasteiger partial charge is 0.313 e. The second-order valence-electron chi connectivity index (χ2n) is 2.27. The first-order valence-corrected chi connectivity index (χ1v) is 3.85. The Bertz CT molecular complexity index is 262. The van der Waals surface area contributed by atoms with Crippen molar-refractivity contribution in [3.05, 3.63) is 42.0 Å². The Kier molecular flexibility index (Phi) is 3.64. The molecular weight excluding hydrogens is 148 g/mol. The van der Waals surface area contributed by atoms with E-state index in [0.717, 1.165) is 0 Å². The average Bonchev–Trinajstić information content (AvgIpc) is 2.14. The molecule has 0 aliphatic heterocycles. The monoisotopic (exact) mass is 160 g/mol. The van der Waals surface area contributed by atoms with E-state index in [4.69, 9.17) is 0 Å². The van der Waals surface area contributed by atoms with E-state index < -0.39 is 0 Å². The summed E-state index contributed by atoms with van der Waals surface area (Å²) in [7, 11) is 1.77. The van der Waals surface area contributed by atoms with Crippen molar-refractivity contribution in [3.8, 4) is 0 Å². The predicted molar refractivity (Wildman–Crippen MR) is 53.0 cm³/mol. The molecule has 0 spiro atoms. The van der Waals surface area contributed by atoms with Crippen LogP contribution in [0.3, 0.4) is 0 Å². The van der Waals surface area contributed by atoms with Gasteiger partial charge in [-0.3, -0.25) is 0 Å². The molecule has 1 aromatic carbocycles. The van der Waals surface area contributed by atoms with Gasteiger partial charge in [-0.1, -0.05) is 36.4 Å². The van der Waals surface area contributed by atoms with Crippen LogP contribution in [0.2, 0.25) is 0 Å². The molecule has 1 aromatic rings. The number of hydrogen-bond donors (Lipinski definition) is 1. The van der Waals surface area contributed by atoms with Crippen LogP contribution in [0.15, 0.2) is 41.5 Å². The van der Waals surface area contributed by atoms with Crippen molar-refractivity contribution in [2.45, 2.75) is 0 Å². The van der Waals surface area contributed by atoms with E-state index in [9.17, 15) is 0 Å². The number of nitrogens with one attached hydrogen (secondary N) is 1. The van der Waals surface area contributed by atoms with Crippen LogP contribution in [0.1, 0.15) is 5.56 Å². The minimum atomic E-state index is 1.18. The first kappa shape index (κ1) is 8.53. The van der Waals surface area contributed by atoms with Gasteiger partial charge in [-0.2, -0.15) is 5.10 Å². The van der Waals surface area contributed by atoms with E-state index in [1.165, 1.54) is 5.56 Å². The van der Waals surface area contributed by atoms with Crippen molar-refractivity contribution in [2.75, 3.05) is 7.05 Å². The molecule has 2 nitrogen and oxygen atoms in total. The van der Waals surface area contributed by atoms with Gasteiger partial charge in [0.15, 0.2) is 0 Å². The third-order valence-electron chi connectivity index (χ3n) is 1.38. The van der Waals surface area contributed by atoms with E-state index in [-0.39, 0.29) is 0 Å². The van der Waals surface area contributed by atoms with Crippen LogP contribution in [0.25, 0.3) is 6.08 Å². The summed E-state index contributed by atoms with van der Waals surface area (Å²) in [6.07, 6.45) is 5.61. The third kappa shape index (κ3) is 3.01. The Morgan fingerprint density at radius 2 is 2.00 bits per heavy atom. The summed E-state index contributed by atoms with van der Waals surface area (Å²) in [6, 6.07) is 10.1. The number of benzene rings is 1. The van der Waals surface area contributed by atoms with Gasteiger partial charge in [0.2, 0.25) is 0 Å². The maximum absolute atomic E-state index is 3.83. The molecule has 0 fully saturated rings. The molecule has 0 heterocycles. The molecule has 0 saturated heterocycles. The van der Waals surface area contributed by atoms with E-state index >= 15 is 0 Å². The zero-order valence-electron chi connectivity index (χ0n) is 7.07. The van der Waals surface area contributed by atoms with Gasteiger partial charge in [0.25, 0.3) is 0 Å². The van der Waals surface area contributed by atoms with Crippen molar-refractivity contribution < 1.29 is 0 Å². The van der Waals surface area contributed by atoms with Gasteiger partial charge in [-0.25, -0.2) is 0 Å². The molecular formula is C10H12N2. The summed E-state index contributed by atoms with van der Waals surface area (Å²) in [5.74, 6) is 0. The minimum Gasteiger partial charge on any atom is -0.313 e. The van der Waals surface area contributed by atoms with E-state index in [1.54, 1.807) is 13.3 Å². The van der Waals surface area contributed by atoms with Crippen molar-refractivity contribution in [3.63, 3.8) is 0 Å². The second-order valence-corrected chi connectivity index (χ2v) is 2.27. The molecule has 0 radical (unpaired) electrons. The quantitative estimate of drug-likeness (QED) is 0.530. The molecule has 62 valence electrons. The Hall–Kier alpha value is -1.57. The Morgan fingerprint density at radius 1 is 1.25 bits per heavy atom. The maximum Gasteiger partial charge on any atom is 0.0468 e. The van der Waals surface area contributed by atoms with Gasteiger partial charge < -0.3 is 5.43 Å². The van der Waals surface area contributed by atoms with E-state index in [0.29, 0.717) is 0 Å². The minimum absolute atomic E-state index is 1.18. The van der Waals surface area contributed by atoms with Gasteiger partial charge in [0.05, 0.1) is 0 Å². The predicted octanol–water partition coefficient (Wildman–Crippen LogP) is 1.91. The van der Waals surface area contributed by atoms with Gasteiger partial charge in [-0.05, 0) is 11.6 Å². The van der Waals surface area contributed by atoms with Crippen LogP contribution in [0.5, 0.6) is 0 Å². The fraction of sp³-hybridized carbons (Fsp3) is 0.100. The molecule has 0 atom stereocenters. The third-order valence-corrected chi connectivity index (χ3v) is 1.38. The molecule has 12 heavy (non-hydrogen) atoms. The summed E-state index contributed by atoms with van der Waals surface area (Å²) in [5, 5.41) is 3.83. The number of hydrazone groups is 1. The summed E-state index contributed by atoms with van der Waals surface area (Å²) in [4.78, 5) is 0. The lowest BCUT2D eigenvalue weighted by Crippen LogP contribution is -1.91. The van der Waals surface area contributed by atoms with Crippen molar-refractivity contribution in [1.29, 1.82) is 0 Å². The van der Waals surface area contributed by atoms with Crippen LogP contribution in [-0.4, -0.2) is 13.3 Å². The fourth-order valence-corrected chi connectivity index (χ4v) is 0.836. The van der Waals surface area contributed by atoms with Crippen LogP contribution in [-0.2, 0) is 0 Å². The van der Waals surface area contributed by atoms with Crippen LogP contribution < -0.4 is 5.43 Å². The molecule has 0 aliphatic carbocycles. The highest BCUT2D eigenvalue weighted by atomic mass is 15.3. The summed E-state index contributed by atoms with van der Waals surface area (Å²) < 4.78 is 0. The highest BCUT2D eigenvalue weighted by molar-refractivity contribution is 5.77. The zero-order valence-corrected chi connectivity index (χ0v) is 7.07. The zero-order chi connectivity index (χ0) is 8.65. The molecule has 1 rings (SSSR count). The van der Waals surface area contributed by atoms with Crippen LogP contribution in [0, 0.1) is 0 Å². The SMILES string of the molecule is CN/N=C/C=C/c1ccccc1. The molecule has 0 bridgehead atoms. The van der Waals surface area contributed by atoms with Crippen LogP contribution in [0.4, 0.5) is 0 Å². The summed E-state index contributed by atoms with van der Waals surface area (Å²) >= 11 is 0.